The number of imidazole rings is 1. The number of likely N-dealkylation sites (tertiary alicyclic amines) is 1. The lowest BCUT2D eigenvalue weighted by molar-refractivity contribution is -0.126. The highest BCUT2D eigenvalue weighted by atomic mass is 32.1. The number of amides is 2. The van der Waals surface area contributed by atoms with Crippen LogP contribution in [0.2, 0.25) is 0 Å². The Hall–Kier alpha value is -2.74. The zero-order valence-electron chi connectivity index (χ0n) is 14.6. The fourth-order valence-electron chi connectivity index (χ4n) is 3.30. The Morgan fingerprint density at radius 2 is 1.96 bits per heavy atom. The summed E-state index contributed by atoms with van der Waals surface area (Å²) in [6.07, 6.45) is 5.09. The summed E-state index contributed by atoms with van der Waals surface area (Å²) in [6.45, 7) is 1.45. The molecule has 3 heterocycles. The number of nitrogens with zero attached hydrogens (tertiary/aromatic N) is 3. The van der Waals surface area contributed by atoms with Gasteiger partial charge in [-0.15, -0.1) is 11.3 Å². The topological polar surface area (TPSA) is 66.7 Å². The molecule has 6 nitrogen and oxygen atoms in total. The molecule has 0 spiro atoms. The number of hydrogen-bond donors (Lipinski definition) is 1. The smallest absolute Gasteiger partial charge is 0.253 e. The molecule has 2 amide bonds. The minimum Gasteiger partial charge on any atom is -0.350 e. The van der Waals surface area contributed by atoms with E-state index in [1.807, 2.05) is 22.2 Å². The van der Waals surface area contributed by atoms with E-state index in [-0.39, 0.29) is 23.5 Å². The second-order valence-corrected chi connectivity index (χ2v) is 7.49. The van der Waals surface area contributed by atoms with Crippen molar-refractivity contribution in [1.82, 2.24) is 19.6 Å². The average Bonchev–Trinajstić information content (AvgIpc) is 3.28. The quantitative estimate of drug-likeness (QED) is 0.750. The first kappa shape index (κ1) is 17.7. The molecule has 3 aromatic rings. The van der Waals surface area contributed by atoms with Crippen LogP contribution in [-0.4, -0.2) is 39.2 Å². The summed E-state index contributed by atoms with van der Waals surface area (Å²) in [5, 5.41) is 4.91. The Bertz CT molecular complexity index is 929. The molecule has 1 N–H and O–H groups in total. The van der Waals surface area contributed by atoms with Crippen molar-refractivity contribution in [3.05, 3.63) is 59.1 Å². The fraction of sp³-hybridized carbons (Fsp3) is 0.316. The SMILES string of the molecule is O=C(NCc1cn2ccsc2n1)C1CCN(C(=O)c2ccc(F)cc2)CC1. The number of carbonyl (C=O) groups is 2. The van der Waals surface area contributed by atoms with Crippen molar-refractivity contribution >= 4 is 28.1 Å². The van der Waals surface area contributed by atoms with Gasteiger partial charge in [-0.2, -0.15) is 0 Å². The Balaban J connectivity index is 1.28. The van der Waals surface area contributed by atoms with E-state index in [2.05, 4.69) is 10.3 Å². The van der Waals surface area contributed by atoms with Crippen molar-refractivity contribution in [2.24, 2.45) is 5.92 Å². The maximum atomic E-state index is 13.0. The van der Waals surface area contributed by atoms with Gasteiger partial charge < -0.3 is 10.2 Å². The predicted octanol–water partition coefficient (Wildman–Crippen LogP) is 2.70. The van der Waals surface area contributed by atoms with E-state index in [4.69, 9.17) is 0 Å². The molecule has 1 saturated heterocycles. The highest BCUT2D eigenvalue weighted by Crippen LogP contribution is 2.20. The third-order valence-corrected chi connectivity index (χ3v) is 5.60. The lowest BCUT2D eigenvalue weighted by Gasteiger charge is -2.31. The summed E-state index contributed by atoms with van der Waals surface area (Å²) in [5.74, 6) is -0.585. The predicted molar refractivity (Wildman–Crippen MR) is 99.9 cm³/mol. The summed E-state index contributed by atoms with van der Waals surface area (Å²) < 4.78 is 14.9. The number of benzene rings is 1. The first-order chi connectivity index (χ1) is 13.1. The van der Waals surface area contributed by atoms with Gasteiger partial charge >= 0.3 is 0 Å². The van der Waals surface area contributed by atoms with E-state index in [0.717, 1.165) is 10.7 Å². The molecule has 8 heteroatoms. The average molecular weight is 386 g/mol. The van der Waals surface area contributed by atoms with Gasteiger partial charge in [0.05, 0.1) is 12.2 Å². The Morgan fingerprint density at radius 1 is 1.22 bits per heavy atom. The molecule has 0 atom stereocenters. The highest BCUT2D eigenvalue weighted by molar-refractivity contribution is 7.15. The molecule has 2 aromatic heterocycles. The molecule has 140 valence electrons. The molecular weight excluding hydrogens is 367 g/mol. The molecule has 1 fully saturated rings. The number of fused-ring (bicyclic) bond motifs is 1. The third-order valence-electron chi connectivity index (χ3n) is 4.83. The Kier molecular flexibility index (Phi) is 4.89. The van der Waals surface area contributed by atoms with Crippen LogP contribution >= 0.6 is 11.3 Å². The molecule has 1 aliphatic heterocycles. The van der Waals surface area contributed by atoms with Crippen molar-refractivity contribution in [1.29, 1.82) is 0 Å². The number of carbonyl (C=O) groups excluding carboxylic acids is 2. The van der Waals surface area contributed by atoms with Crippen molar-refractivity contribution in [2.45, 2.75) is 19.4 Å². The van der Waals surface area contributed by atoms with Crippen LogP contribution < -0.4 is 5.32 Å². The highest BCUT2D eigenvalue weighted by Gasteiger charge is 2.27. The standard InChI is InChI=1S/C19H19FN4O2S/c20-15-3-1-14(2-4-15)18(26)23-7-5-13(6-8-23)17(25)21-11-16-12-24-9-10-27-19(24)22-16/h1-4,9-10,12-13H,5-8,11H2,(H,21,25). The zero-order valence-corrected chi connectivity index (χ0v) is 15.4. The van der Waals surface area contributed by atoms with Crippen molar-refractivity contribution < 1.29 is 14.0 Å². The van der Waals surface area contributed by atoms with Crippen molar-refractivity contribution in [2.75, 3.05) is 13.1 Å². The van der Waals surface area contributed by atoms with Crippen molar-refractivity contribution in [3.63, 3.8) is 0 Å². The second kappa shape index (κ2) is 7.48. The molecule has 4 rings (SSSR count). The van der Waals surface area contributed by atoms with Crippen LogP contribution in [0.1, 0.15) is 28.9 Å². The van der Waals surface area contributed by atoms with Crippen LogP contribution in [0.25, 0.3) is 4.96 Å². The van der Waals surface area contributed by atoms with Crippen LogP contribution in [0, 0.1) is 11.7 Å². The minimum atomic E-state index is -0.362. The van der Waals surface area contributed by atoms with E-state index >= 15 is 0 Å². The summed E-state index contributed by atoms with van der Waals surface area (Å²) in [5.41, 5.74) is 1.30. The molecule has 0 unspecified atom stereocenters. The number of halogens is 1. The van der Waals surface area contributed by atoms with Crippen LogP contribution in [0.3, 0.4) is 0 Å². The minimum absolute atomic E-state index is 0.000218. The van der Waals surface area contributed by atoms with Crippen LogP contribution in [0.4, 0.5) is 4.39 Å². The van der Waals surface area contributed by atoms with E-state index in [9.17, 15) is 14.0 Å². The van der Waals surface area contributed by atoms with Crippen LogP contribution in [-0.2, 0) is 11.3 Å². The van der Waals surface area contributed by atoms with Gasteiger partial charge in [0.25, 0.3) is 5.91 Å². The van der Waals surface area contributed by atoms with Crippen molar-refractivity contribution in [3.8, 4) is 0 Å². The van der Waals surface area contributed by atoms with Gasteiger partial charge in [-0.3, -0.25) is 14.0 Å². The van der Waals surface area contributed by atoms with E-state index in [0.29, 0.717) is 38.0 Å². The van der Waals surface area contributed by atoms with E-state index < -0.39 is 0 Å². The molecule has 0 radical (unpaired) electrons. The Labute approximate surface area is 159 Å². The summed E-state index contributed by atoms with van der Waals surface area (Å²) in [6, 6.07) is 5.55. The molecule has 1 aliphatic rings. The van der Waals surface area contributed by atoms with Gasteiger partial charge in [-0.25, -0.2) is 9.37 Å². The van der Waals surface area contributed by atoms with Gasteiger partial charge in [-0.1, -0.05) is 0 Å². The van der Waals surface area contributed by atoms with Gasteiger partial charge in [-0.05, 0) is 37.1 Å². The fourth-order valence-corrected chi connectivity index (χ4v) is 4.02. The van der Waals surface area contributed by atoms with Crippen LogP contribution in [0.5, 0.6) is 0 Å². The second-order valence-electron chi connectivity index (χ2n) is 6.62. The lowest BCUT2D eigenvalue weighted by Crippen LogP contribution is -2.42. The largest absolute Gasteiger partial charge is 0.350 e. The summed E-state index contributed by atoms with van der Waals surface area (Å²) in [4.78, 5) is 32.0. The zero-order chi connectivity index (χ0) is 18.8. The van der Waals surface area contributed by atoms with Gasteiger partial charge in [0, 0.05) is 42.3 Å². The number of rotatable bonds is 4. The monoisotopic (exact) mass is 386 g/mol. The number of thiazole rings is 1. The lowest BCUT2D eigenvalue weighted by atomic mass is 9.95. The summed E-state index contributed by atoms with van der Waals surface area (Å²) >= 11 is 1.55. The van der Waals surface area contributed by atoms with Crippen LogP contribution in [0.15, 0.2) is 42.0 Å². The van der Waals surface area contributed by atoms with Gasteiger partial charge in [0.2, 0.25) is 5.91 Å². The number of piperidine rings is 1. The molecular formula is C19H19FN4O2S. The maximum Gasteiger partial charge on any atom is 0.253 e. The first-order valence-corrected chi connectivity index (χ1v) is 9.72. The van der Waals surface area contributed by atoms with E-state index in [1.165, 1.54) is 24.3 Å². The molecule has 0 bridgehead atoms. The maximum absolute atomic E-state index is 13.0. The van der Waals surface area contributed by atoms with Gasteiger partial charge in [0.1, 0.15) is 5.82 Å². The number of aromatic nitrogens is 2. The molecule has 0 saturated carbocycles. The first-order valence-electron chi connectivity index (χ1n) is 8.84. The normalized spacial score (nSPS) is 15.2. The molecule has 27 heavy (non-hydrogen) atoms. The molecule has 0 aliphatic carbocycles. The summed E-state index contributed by atoms with van der Waals surface area (Å²) in [7, 11) is 0. The van der Waals surface area contributed by atoms with Gasteiger partial charge in [0.15, 0.2) is 4.96 Å². The third kappa shape index (κ3) is 3.85. The van der Waals surface area contributed by atoms with E-state index in [1.54, 1.807) is 16.2 Å². The molecule has 1 aromatic carbocycles. The Morgan fingerprint density at radius 3 is 2.67 bits per heavy atom. The number of nitrogens with one attached hydrogen (secondary N) is 1. The number of hydrogen-bond acceptors (Lipinski definition) is 4.